The van der Waals surface area contributed by atoms with Gasteiger partial charge < -0.3 is 4.74 Å². The van der Waals surface area contributed by atoms with E-state index in [9.17, 15) is 4.39 Å². The van der Waals surface area contributed by atoms with Gasteiger partial charge >= 0.3 is 0 Å². The maximum atomic E-state index is 13.7. The lowest BCUT2D eigenvalue weighted by atomic mass is 10.2. The van der Waals surface area contributed by atoms with Crippen molar-refractivity contribution in [2.75, 3.05) is 0 Å². The van der Waals surface area contributed by atoms with Gasteiger partial charge in [0.2, 0.25) is 0 Å². The van der Waals surface area contributed by atoms with Crippen LogP contribution in [0.4, 0.5) is 4.39 Å². The largest absolute Gasteiger partial charge is 0.454 e. The molecule has 0 aliphatic rings. The number of hydrogen-bond donors (Lipinski definition) is 0. The highest BCUT2D eigenvalue weighted by Crippen LogP contribution is 2.31. The van der Waals surface area contributed by atoms with E-state index in [1.54, 1.807) is 30.3 Å². The molecule has 2 aromatic rings. The topological polar surface area (TPSA) is 9.23 Å². The number of halogens is 4. The van der Waals surface area contributed by atoms with E-state index in [2.05, 4.69) is 15.9 Å². The molecule has 94 valence electrons. The first-order chi connectivity index (χ1) is 8.60. The van der Waals surface area contributed by atoms with Gasteiger partial charge in [-0.05, 0) is 30.3 Å². The molecule has 0 N–H and O–H groups in total. The van der Waals surface area contributed by atoms with Gasteiger partial charge in [-0.25, -0.2) is 4.39 Å². The SMILES string of the molecule is Fc1cc(Br)ccc1Oc1cc(Cl)ccc1CCl. The van der Waals surface area contributed by atoms with Crippen molar-refractivity contribution in [3.05, 3.63) is 57.3 Å². The van der Waals surface area contributed by atoms with Crippen LogP contribution in [0.1, 0.15) is 5.56 Å². The number of rotatable bonds is 3. The van der Waals surface area contributed by atoms with Gasteiger partial charge in [-0.3, -0.25) is 0 Å². The minimum atomic E-state index is -0.454. The standard InChI is InChI=1S/C13H8BrCl2FO/c14-9-2-4-12(11(17)5-9)18-13-6-10(16)3-1-8(13)7-15/h1-6H,7H2. The zero-order valence-electron chi connectivity index (χ0n) is 9.09. The van der Waals surface area contributed by atoms with Gasteiger partial charge in [-0.2, -0.15) is 0 Å². The Kier molecular flexibility index (Phi) is 4.49. The van der Waals surface area contributed by atoms with Crippen LogP contribution in [-0.2, 0) is 5.88 Å². The van der Waals surface area contributed by atoms with Gasteiger partial charge in [-0.1, -0.05) is 33.6 Å². The fourth-order valence-corrected chi connectivity index (χ4v) is 2.13. The van der Waals surface area contributed by atoms with Crippen LogP contribution >= 0.6 is 39.1 Å². The summed E-state index contributed by atoms with van der Waals surface area (Å²) in [7, 11) is 0. The predicted octanol–water partition coefficient (Wildman–Crippen LogP) is 5.77. The summed E-state index contributed by atoms with van der Waals surface area (Å²) in [5.74, 6) is 0.403. The van der Waals surface area contributed by atoms with E-state index < -0.39 is 5.82 Å². The molecular formula is C13H8BrCl2FO. The van der Waals surface area contributed by atoms with Crippen LogP contribution in [-0.4, -0.2) is 0 Å². The molecule has 0 saturated heterocycles. The van der Waals surface area contributed by atoms with Crippen molar-refractivity contribution in [2.24, 2.45) is 0 Å². The van der Waals surface area contributed by atoms with Crippen molar-refractivity contribution in [3.8, 4) is 11.5 Å². The predicted molar refractivity (Wildman–Crippen MR) is 75.2 cm³/mol. The maximum absolute atomic E-state index is 13.7. The van der Waals surface area contributed by atoms with E-state index >= 15 is 0 Å². The summed E-state index contributed by atoms with van der Waals surface area (Å²) < 4.78 is 19.8. The minimum Gasteiger partial charge on any atom is -0.454 e. The summed E-state index contributed by atoms with van der Waals surface area (Å²) in [6.07, 6.45) is 0. The zero-order chi connectivity index (χ0) is 13.1. The Morgan fingerprint density at radius 1 is 1.11 bits per heavy atom. The number of hydrogen-bond acceptors (Lipinski definition) is 1. The fraction of sp³-hybridized carbons (Fsp3) is 0.0769. The quantitative estimate of drug-likeness (QED) is 0.639. The van der Waals surface area contributed by atoms with Crippen molar-refractivity contribution in [2.45, 2.75) is 5.88 Å². The normalized spacial score (nSPS) is 10.4. The molecule has 0 radical (unpaired) electrons. The Morgan fingerprint density at radius 2 is 1.89 bits per heavy atom. The molecule has 0 aromatic heterocycles. The molecule has 2 aromatic carbocycles. The lowest BCUT2D eigenvalue weighted by Gasteiger charge is -2.10. The van der Waals surface area contributed by atoms with E-state index in [0.717, 1.165) is 5.56 Å². The number of alkyl halides is 1. The number of ether oxygens (including phenoxy) is 1. The van der Waals surface area contributed by atoms with Gasteiger partial charge in [0.1, 0.15) is 5.75 Å². The van der Waals surface area contributed by atoms with E-state index in [-0.39, 0.29) is 11.6 Å². The lowest BCUT2D eigenvalue weighted by molar-refractivity contribution is 0.439. The molecule has 0 heterocycles. The Bertz CT molecular complexity index is 575. The van der Waals surface area contributed by atoms with Crippen molar-refractivity contribution < 1.29 is 9.13 Å². The van der Waals surface area contributed by atoms with Gasteiger partial charge in [0, 0.05) is 15.1 Å². The summed E-state index contributed by atoms with van der Waals surface area (Å²) in [6, 6.07) is 9.65. The smallest absolute Gasteiger partial charge is 0.166 e. The summed E-state index contributed by atoms with van der Waals surface area (Å²) >= 11 is 14.9. The van der Waals surface area contributed by atoms with E-state index in [1.165, 1.54) is 6.07 Å². The molecule has 0 fully saturated rings. The molecule has 0 aliphatic carbocycles. The monoisotopic (exact) mass is 348 g/mol. The molecule has 0 spiro atoms. The zero-order valence-corrected chi connectivity index (χ0v) is 12.2. The van der Waals surface area contributed by atoms with E-state index in [1.807, 2.05) is 0 Å². The second kappa shape index (κ2) is 5.91. The first-order valence-electron chi connectivity index (χ1n) is 5.07. The molecule has 0 bridgehead atoms. The van der Waals surface area contributed by atoms with Gasteiger partial charge in [-0.15, -0.1) is 11.6 Å². The first kappa shape index (κ1) is 13.7. The molecule has 5 heteroatoms. The van der Waals surface area contributed by atoms with E-state index in [4.69, 9.17) is 27.9 Å². The van der Waals surface area contributed by atoms with Crippen LogP contribution in [0.25, 0.3) is 0 Å². The van der Waals surface area contributed by atoms with Gasteiger partial charge in [0.05, 0.1) is 5.88 Å². The number of benzene rings is 2. The summed E-state index contributed by atoms with van der Waals surface area (Å²) in [6.45, 7) is 0. The second-order valence-electron chi connectivity index (χ2n) is 3.56. The molecule has 0 amide bonds. The van der Waals surface area contributed by atoms with Crippen molar-refractivity contribution in [3.63, 3.8) is 0 Å². The molecule has 0 saturated carbocycles. The highest BCUT2D eigenvalue weighted by Gasteiger charge is 2.09. The van der Waals surface area contributed by atoms with Crippen LogP contribution in [0.3, 0.4) is 0 Å². The molecule has 1 nitrogen and oxygen atoms in total. The Morgan fingerprint density at radius 3 is 2.56 bits per heavy atom. The molecule has 0 atom stereocenters. The highest BCUT2D eigenvalue weighted by atomic mass is 79.9. The highest BCUT2D eigenvalue weighted by molar-refractivity contribution is 9.10. The Hall–Kier alpha value is -0.770. The van der Waals surface area contributed by atoms with E-state index in [0.29, 0.717) is 15.2 Å². The van der Waals surface area contributed by atoms with Crippen molar-refractivity contribution in [1.82, 2.24) is 0 Å². The van der Waals surface area contributed by atoms with Gasteiger partial charge in [0.15, 0.2) is 11.6 Å². The van der Waals surface area contributed by atoms with Gasteiger partial charge in [0.25, 0.3) is 0 Å². The third-order valence-corrected chi connectivity index (χ3v) is 3.30. The average Bonchev–Trinajstić information content (AvgIpc) is 2.33. The molecule has 2 rings (SSSR count). The molecular weight excluding hydrogens is 342 g/mol. The molecule has 18 heavy (non-hydrogen) atoms. The van der Waals surface area contributed by atoms with Crippen molar-refractivity contribution >= 4 is 39.1 Å². The van der Waals surface area contributed by atoms with Crippen molar-refractivity contribution in [1.29, 1.82) is 0 Å². The molecule has 0 aliphatic heterocycles. The average molecular weight is 350 g/mol. The third-order valence-electron chi connectivity index (χ3n) is 2.29. The Balaban J connectivity index is 2.36. The van der Waals surface area contributed by atoms with Crippen LogP contribution in [0.5, 0.6) is 11.5 Å². The summed E-state index contributed by atoms with van der Waals surface area (Å²) in [5.41, 5.74) is 0.753. The summed E-state index contributed by atoms with van der Waals surface area (Å²) in [5, 5.41) is 0.511. The van der Waals surface area contributed by atoms with Crippen LogP contribution in [0.2, 0.25) is 5.02 Å². The lowest BCUT2D eigenvalue weighted by Crippen LogP contribution is -1.92. The third kappa shape index (κ3) is 3.16. The minimum absolute atomic E-state index is 0.131. The van der Waals surface area contributed by atoms with Crippen LogP contribution in [0.15, 0.2) is 40.9 Å². The summed E-state index contributed by atoms with van der Waals surface area (Å²) in [4.78, 5) is 0. The van der Waals surface area contributed by atoms with Crippen LogP contribution < -0.4 is 4.74 Å². The Labute approximate surface area is 123 Å². The van der Waals surface area contributed by atoms with Crippen LogP contribution in [0, 0.1) is 5.82 Å². The maximum Gasteiger partial charge on any atom is 0.166 e. The molecule has 0 unspecified atom stereocenters. The second-order valence-corrected chi connectivity index (χ2v) is 5.18. The fourth-order valence-electron chi connectivity index (χ4n) is 1.41. The first-order valence-corrected chi connectivity index (χ1v) is 6.78.